The number of nitrogens with zero attached hydrogens (tertiary/aromatic N) is 1. The quantitative estimate of drug-likeness (QED) is 0.278. The first-order chi connectivity index (χ1) is 16.3. The molecular formula is C26H25FNO5P. The molecule has 8 heteroatoms. The highest BCUT2D eigenvalue weighted by atomic mass is 31.1. The predicted molar refractivity (Wildman–Crippen MR) is 129 cm³/mol. The van der Waals surface area contributed by atoms with Gasteiger partial charge in [-0.3, -0.25) is 9.36 Å². The SMILES string of the molecule is C#CC(C(O)CC(=O)Oc1c(CC)nc(-c2ccccc2)c(C)c1-c1ccc(F)cc1)[PH](=O)O. The first kappa shape index (κ1) is 25.3. The van der Waals surface area contributed by atoms with Gasteiger partial charge in [0, 0.05) is 11.1 Å². The summed E-state index contributed by atoms with van der Waals surface area (Å²) in [6.45, 7) is 3.70. The fourth-order valence-electron chi connectivity index (χ4n) is 3.68. The molecule has 0 aliphatic carbocycles. The van der Waals surface area contributed by atoms with Gasteiger partial charge in [-0.25, -0.2) is 9.37 Å². The molecule has 0 amide bonds. The first-order valence-electron chi connectivity index (χ1n) is 10.7. The number of aliphatic hydroxyl groups excluding tert-OH is 1. The van der Waals surface area contributed by atoms with Gasteiger partial charge in [0.15, 0.2) is 5.75 Å². The Hall–Kier alpha value is -3.30. The van der Waals surface area contributed by atoms with Crippen molar-refractivity contribution in [3.63, 3.8) is 0 Å². The van der Waals surface area contributed by atoms with E-state index in [4.69, 9.17) is 16.1 Å². The van der Waals surface area contributed by atoms with E-state index in [0.29, 0.717) is 28.9 Å². The molecule has 34 heavy (non-hydrogen) atoms. The summed E-state index contributed by atoms with van der Waals surface area (Å²) in [5.41, 5.74) is 2.62. The van der Waals surface area contributed by atoms with Crippen molar-refractivity contribution >= 4 is 14.0 Å². The third-order valence-electron chi connectivity index (χ3n) is 5.40. The van der Waals surface area contributed by atoms with Gasteiger partial charge in [0.2, 0.25) is 8.03 Å². The highest BCUT2D eigenvalue weighted by molar-refractivity contribution is 7.39. The lowest BCUT2D eigenvalue weighted by atomic mass is 9.94. The van der Waals surface area contributed by atoms with Gasteiger partial charge in [-0.1, -0.05) is 55.3 Å². The lowest BCUT2D eigenvalue weighted by Crippen LogP contribution is -2.27. The number of aryl methyl sites for hydroxylation is 1. The Morgan fingerprint density at radius 1 is 1.18 bits per heavy atom. The molecule has 176 valence electrons. The number of rotatable bonds is 8. The van der Waals surface area contributed by atoms with Crippen LogP contribution >= 0.6 is 8.03 Å². The third-order valence-corrected chi connectivity index (χ3v) is 6.49. The molecule has 0 aliphatic rings. The minimum Gasteiger partial charge on any atom is -0.424 e. The molecule has 3 atom stereocenters. The second-order valence-corrected chi connectivity index (χ2v) is 8.99. The number of benzene rings is 2. The minimum absolute atomic E-state index is 0.192. The summed E-state index contributed by atoms with van der Waals surface area (Å²) >= 11 is 0. The van der Waals surface area contributed by atoms with Gasteiger partial charge in [0.25, 0.3) is 0 Å². The summed E-state index contributed by atoms with van der Waals surface area (Å²) in [6, 6.07) is 15.3. The van der Waals surface area contributed by atoms with Crippen molar-refractivity contribution < 1.29 is 28.5 Å². The van der Waals surface area contributed by atoms with Gasteiger partial charge in [-0.05, 0) is 36.6 Å². The monoisotopic (exact) mass is 481 g/mol. The van der Waals surface area contributed by atoms with Crippen molar-refractivity contribution in [2.75, 3.05) is 0 Å². The fourth-order valence-corrected chi connectivity index (χ4v) is 4.27. The highest BCUT2D eigenvalue weighted by Gasteiger charge is 2.27. The Kier molecular flexibility index (Phi) is 8.36. The van der Waals surface area contributed by atoms with E-state index >= 15 is 0 Å². The Balaban J connectivity index is 2.11. The van der Waals surface area contributed by atoms with E-state index < -0.39 is 38.0 Å². The van der Waals surface area contributed by atoms with Crippen LogP contribution in [0.2, 0.25) is 0 Å². The van der Waals surface area contributed by atoms with Crippen LogP contribution in [0.25, 0.3) is 22.4 Å². The third kappa shape index (κ3) is 5.60. The van der Waals surface area contributed by atoms with Crippen LogP contribution in [0.15, 0.2) is 54.6 Å². The zero-order valence-corrected chi connectivity index (χ0v) is 19.8. The van der Waals surface area contributed by atoms with E-state index in [1.54, 1.807) is 12.1 Å². The van der Waals surface area contributed by atoms with Crippen LogP contribution in [0.3, 0.4) is 0 Å². The van der Waals surface area contributed by atoms with E-state index in [2.05, 4.69) is 0 Å². The van der Waals surface area contributed by atoms with Crippen LogP contribution in [0.1, 0.15) is 24.6 Å². The molecule has 3 aromatic rings. The number of aliphatic hydroxyl groups is 1. The number of pyridine rings is 1. The predicted octanol–water partition coefficient (Wildman–Crippen LogP) is 4.55. The van der Waals surface area contributed by atoms with Crippen molar-refractivity contribution in [2.24, 2.45) is 0 Å². The second-order valence-electron chi connectivity index (χ2n) is 7.69. The van der Waals surface area contributed by atoms with Crippen LogP contribution in [-0.4, -0.2) is 32.7 Å². The summed E-state index contributed by atoms with van der Waals surface area (Å²) < 4.78 is 30.7. The van der Waals surface area contributed by atoms with Crippen molar-refractivity contribution in [3.8, 4) is 40.5 Å². The van der Waals surface area contributed by atoms with Crippen molar-refractivity contribution in [1.29, 1.82) is 0 Å². The number of carbonyl (C=O) groups excluding carboxylic acids is 1. The number of hydrogen-bond donors (Lipinski definition) is 2. The second kappa shape index (κ2) is 11.2. The van der Waals surface area contributed by atoms with Crippen LogP contribution in [0.5, 0.6) is 5.75 Å². The van der Waals surface area contributed by atoms with Gasteiger partial charge in [0.05, 0.1) is 23.9 Å². The Morgan fingerprint density at radius 3 is 2.38 bits per heavy atom. The van der Waals surface area contributed by atoms with Gasteiger partial charge in [-0.2, -0.15) is 0 Å². The lowest BCUT2D eigenvalue weighted by molar-refractivity contribution is -0.136. The van der Waals surface area contributed by atoms with Crippen LogP contribution < -0.4 is 4.74 Å². The first-order valence-corrected chi connectivity index (χ1v) is 12.1. The Bertz CT molecular complexity index is 1240. The Morgan fingerprint density at radius 2 is 1.82 bits per heavy atom. The standard InChI is InChI=1S/C26H25FNO5P/c1-4-20-26(33-23(30)15-21(29)22(5-2)34(31)32)24(17-11-13-19(27)14-12-17)16(3)25(28-20)18-9-7-6-8-10-18/h2,6-14,21-22,29,34H,4,15H2,1,3H3,(H,31,32). The highest BCUT2D eigenvalue weighted by Crippen LogP contribution is 2.40. The summed E-state index contributed by atoms with van der Waals surface area (Å²) in [4.78, 5) is 26.8. The molecule has 0 saturated heterocycles. The average Bonchev–Trinajstić information content (AvgIpc) is 2.81. The summed E-state index contributed by atoms with van der Waals surface area (Å²) in [6.07, 6.45) is 3.53. The molecule has 3 rings (SSSR count). The van der Waals surface area contributed by atoms with E-state index in [0.717, 1.165) is 11.1 Å². The van der Waals surface area contributed by atoms with E-state index in [-0.39, 0.29) is 5.75 Å². The number of halogens is 1. The van der Waals surface area contributed by atoms with E-state index in [9.17, 15) is 23.7 Å². The van der Waals surface area contributed by atoms with Crippen LogP contribution in [-0.2, 0) is 15.8 Å². The molecular weight excluding hydrogens is 456 g/mol. The number of esters is 1. The van der Waals surface area contributed by atoms with E-state index in [1.807, 2.05) is 50.1 Å². The summed E-state index contributed by atoms with van der Waals surface area (Å²) in [5.74, 6) is 1.00. The molecule has 0 saturated carbocycles. The molecule has 1 heterocycles. The maximum absolute atomic E-state index is 13.6. The van der Waals surface area contributed by atoms with Crippen molar-refractivity contribution in [1.82, 2.24) is 4.98 Å². The van der Waals surface area contributed by atoms with Crippen LogP contribution in [0, 0.1) is 25.1 Å². The van der Waals surface area contributed by atoms with Crippen LogP contribution in [0.4, 0.5) is 4.39 Å². The number of aromatic nitrogens is 1. The number of hydrogen-bond acceptors (Lipinski definition) is 5. The van der Waals surface area contributed by atoms with Gasteiger partial charge >= 0.3 is 5.97 Å². The molecule has 0 fully saturated rings. The van der Waals surface area contributed by atoms with Gasteiger partial charge in [-0.15, -0.1) is 6.42 Å². The lowest BCUT2D eigenvalue weighted by Gasteiger charge is -2.20. The number of terminal acetylenes is 1. The molecule has 0 aliphatic heterocycles. The van der Waals surface area contributed by atoms with Crippen molar-refractivity contribution in [2.45, 2.75) is 38.5 Å². The van der Waals surface area contributed by atoms with E-state index in [1.165, 1.54) is 12.1 Å². The minimum atomic E-state index is -3.24. The van der Waals surface area contributed by atoms with Gasteiger partial charge in [0.1, 0.15) is 11.5 Å². The molecule has 2 aromatic carbocycles. The zero-order valence-electron chi connectivity index (χ0n) is 18.8. The molecule has 3 unspecified atom stereocenters. The summed E-state index contributed by atoms with van der Waals surface area (Å²) in [5, 5.41) is 10.2. The van der Waals surface area contributed by atoms with Gasteiger partial charge < -0.3 is 14.7 Å². The normalized spacial score (nSPS) is 13.5. The molecule has 0 spiro atoms. The zero-order chi connectivity index (χ0) is 24.8. The number of ether oxygens (including phenoxy) is 1. The maximum atomic E-state index is 13.6. The molecule has 2 N–H and O–H groups in total. The summed E-state index contributed by atoms with van der Waals surface area (Å²) in [7, 11) is -3.24. The fraction of sp³-hybridized carbons (Fsp3) is 0.231. The molecule has 0 radical (unpaired) electrons. The van der Waals surface area contributed by atoms with Crippen molar-refractivity contribution in [3.05, 3.63) is 71.7 Å². The Labute approximate surface area is 198 Å². The number of carbonyl (C=O) groups is 1. The molecule has 6 nitrogen and oxygen atoms in total. The maximum Gasteiger partial charge on any atom is 0.313 e. The largest absolute Gasteiger partial charge is 0.424 e. The molecule has 1 aromatic heterocycles. The smallest absolute Gasteiger partial charge is 0.313 e. The average molecular weight is 481 g/mol. The topological polar surface area (TPSA) is 96.7 Å². The molecule has 0 bridgehead atoms.